The molecule has 9 heteroatoms. The summed E-state index contributed by atoms with van der Waals surface area (Å²) in [6.45, 7) is 1.08. The van der Waals surface area contributed by atoms with Crippen LogP contribution in [0.4, 0.5) is 4.39 Å². The minimum absolute atomic E-state index is 0.122. The van der Waals surface area contributed by atoms with Crippen molar-refractivity contribution in [1.82, 2.24) is 24.6 Å². The van der Waals surface area contributed by atoms with Crippen molar-refractivity contribution in [3.63, 3.8) is 0 Å². The number of carbonyl (C=O) groups is 1. The Labute approximate surface area is 173 Å². The summed E-state index contributed by atoms with van der Waals surface area (Å²) in [5, 5.41) is 4.42. The number of halogens is 1. The molecule has 0 aliphatic carbocycles. The van der Waals surface area contributed by atoms with Crippen molar-refractivity contribution in [2.45, 2.75) is 18.9 Å². The van der Waals surface area contributed by atoms with Gasteiger partial charge in [0, 0.05) is 19.2 Å². The first-order valence-electron chi connectivity index (χ1n) is 9.65. The molecule has 3 heterocycles. The minimum Gasteiger partial charge on any atom is -0.480 e. The van der Waals surface area contributed by atoms with Gasteiger partial charge in [0.05, 0.1) is 31.7 Å². The number of likely N-dealkylation sites (tertiary alicyclic amines) is 1. The Bertz CT molecular complexity index is 1040. The summed E-state index contributed by atoms with van der Waals surface area (Å²) in [4.78, 5) is 23.1. The molecule has 1 aliphatic heterocycles. The first-order chi connectivity index (χ1) is 14.5. The van der Waals surface area contributed by atoms with Crippen molar-refractivity contribution in [3.05, 3.63) is 54.2 Å². The second kappa shape index (κ2) is 8.48. The molecular formula is C21H22FN5O3. The summed E-state index contributed by atoms with van der Waals surface area (Å²) in [5.74, 6) is 0.307. The maximum Gasteiger partial charge on any atom is 0.272 e. The summed E-state index contributed by atoms with van der Waals surface area (Å²) in [5.41, 5.74) is 1.84. The Balaban J connectivity index is 1.47. The topological polar surface area (TPSA) is 82.4 Å². The monoisotopic (exact) mass is 411 g/mol. The van der Waals surface area contributed by atoms with Gasteiger partial charge in [-0.2, -0.15) is 10.1 Å². The number of amides is 1. The van der Waals surface area contributed by atoms with Crippen LogP contribution in [0.1, 0.15) is 23.3 Å². The van der Waals surface area contributed by atoms with Crippen molar-refractivity contribution in [2.24, 2.45) is 7.05 Å². The lowest BCUT2D eigenvalue weighted by atomic mass is 10.1. The molecule has 0 spiro atoms. The van der Waals surface area contributed by atoms with Gasteiger partial charge >= 0.3 is 0 Å². The molecule has 1 amide bonds. The molecule has 0 saturated carbocycles. The predicted octanol–water partition coefficient (Wildman–Crippen LogP) is 2.71. The fourth-order valence-electron chi connectivity index (χ4n) is 3.47. The van der Waals surface area contributed by atoms with Crippen LogP contribution in [-0.2, 0) is 7.05 Å². The number of nitrogens with zero attached hydrogens (tertiary/aromatic N) is 5. The number of ether oxygens (including phenoxy) is 2. The molecule has 0 bridgehead atoms. The van der Waals surface area contributed by atoms with E-state index < -0.39 is 0 Å². The van der Waals surface area contributed by atoms with Gasteiger partial charge in [0.2, 0.25) is 11.8 Å². The highest BCUT2D eigenvalue weighted by molar-refractivity contribution is 5.93. The van der Waals surface area contributed by atoms with Crippen LogP contribution in [0.25, 0.3) is 11.3 Å². The second-order valence-electron chi connectivity index (χ2n) is 7.08. The number of hydrogen-bond donors (Lipinski definition) is 0. The molecule has 0 radical (unpaired) electrons. The zero-order valence-electron chi connectivity index (χ0n) is 16.8. The molecule has 0 N–H and O–H groups in total. The Hall–Kier alpha value is -3.49. The third-order valence-electron chi connectivity index (χ3n) is 4.99. The Morgan fingerprint density at radius 2 is 1.97 bits per heavy atom. The molecule has 4 rings (SSSR count). The molecule has 3 aromatic rings. The predicted molar refractivity (Wildman–Crippen MR) is 107 cm³/mol. The highest BCUT2D eigenvalue weighted by Crippen LogP contribution is 2.23. The quantitative estimate of drug-likeness (QED) is 0.642. The third kappa shape index (κ3) is 4.24. The number of aryl methyl sites for hydroxylation is 1. The van der Waals surface area contributed by atoms with Gasteiger partial charge in [0.15, 0.2) is 0 Å². The largest absolute Gasteiger partial charge is 0.480 e. The Morgan fingerprint density at radius 3 is 2.73 bits per heavy atom. The zero-order valence-corrected chi connectivity index (χ0v) is 16.8. The second-order valence-corrected chi connectivity index (χ2v) is 7.08. The summed E-state index contributed by atoms with van der Waals surface area (Å²) in [6.07, 6.45) is 4.48. The Morgan fingerprint density at radius 1 is 1.20 bits per heavy atom. The van der Waals surface area contributed by atoms with E-state index >= 15 is 0 Å². The maximum atomic E-state index is 13.2. The van der Waals surface area contributed by atoms with Crippen LogP contribution in [0, 0.1) is 5.82 Å². The van der Waals surface area contributed by atoms with Crippen molar-refractivity contribution in [2.75, 3.05) is 20.2 Å². The fraction of sp³-hybridized carbons (Fsp3) is 0.333. The van der Waals surface area contributed by atoms with Crippen LogP contribution < -0.4 is 9.47 Å². The van der Waals surface area contributed by atoms with Crippen molar-refractivity contribution in [1.29, 1.82) is 0 Å². The van der Waals surface area contributed by atoms with E-state index in [1.54, 1.807) is 34.8 Å². The average molecular weight is 411 g/mol. The molecule has 156 valence electrons. The van der Waals surface area contributed by atoms with Gasteiger partial charge in [-0.25, -0.2) is 4.39 Å². The first kappa shape index (κ1) is 19.8. The minimum atomic E-state index is -0.314. The van der Waals surface area contributed by atoms with Crippen LogP contribution >= 0.6 is 0 Å². The lowest BCUT2D eigenvalue weighted by Crippen LogP contribution is -2.45. The molecule has 1 fully saturated rings. The summed E-state index contributed by atoms with van der Waals surface area (Å²) in [6, 6.07) is 7.77. The molecule has 1 saturated heterocycles. The average Bonchev–Trinajstić information content (AvgIpc) is 3.15. The summed E-state index contributed by atoms with van der Waals surface area (Å²) >= 11 is 0. The fourth-order valence-corrected chi connectivity index (χ4v) is 3.47. The molecule has 1 aromatic carbocycles. The number of aromatic nitrogens is 4. The highest BCUT2D eigenvalue weighted by atomic mass is 19.1. The van der Waals surface area contributed by atoms with E-state index in [9.17, 15) is 9.18 Å². The normalized spacial score (nSPS) is 16.4. The van der Waals surface area contributed by atoms with Gasteiger partial charge in [-0.05, 0) is 43.2 Å². The number of methoxy groups -OCH3 is 1. The number of hydrogen-bond acceptors (Lipinski definition) is 6. The lowest BCUT2D eigenvalue weighted by molar-refractivity contribution is 0.0515. The van der Waals surface area contributed by atoms with Gasteiger partial charge in [0.1, 0.15) is 17.6 Å². The number of piperidine rings is 1. The summed E-state index contributed by atoms with van der Waals surface area (Å²) < 4.78 is 25.7. The lowest BCUT2D eigenvalue weighted by Gasteiger charge is -2.32. The van der Waals surface area contributed by atoms with E-state index in [2.05, 4.69) is 15.1 Å². The Kier molecular flexibility index (Phi) is 5.60. The standard InChI is InChI=1S/C21H22FN5O3/c1-26-18(10-17(25-26)14-5-7-15(22)8-6-14)21(28)27-9-3-4-16(13-27)30-20-12-23-11-19(24-20)29-2/h5-8,10-12,16H,3-4,9,13H2,1-2H3. The van der Waals surface area contributed by atoms with Crippen LogP contribution in [0.5, 0.6) is 11.8 Å². The van der Waals surface area contributed by atoms with Gasteiger partial charge in [-0.3, -0.25) is 14.5 Å². The number of benzene rings is 1. The molecule has 1 aliphatic rings. The molecule has 1 unspecified atom stereocenters. The first-order valence-corrected chi connectivity index (χ1v) is 9.65. The molecule has 2 aromatic heterocycles. The maximum absolute atomic E-state index is 13.2. The molecule has 1 atom stereocenters. The van der Waals surface area contributed by atoms with Gasteiger partial charge in [0.25, 0.3) is 5.91 Å². The van der Waals surface area contributed by atoms with E-state index in [1.807, 2.05) is 0 Å². The van der Waals surface area contributed by atoms with E-state index in [-0.39, 0.29) is 17.8 Å². The zero-order chi connectivity index (χ0) is 21.1. The van der Waals surface area contributed by atoms with E-state index in [0.29, 0.717) is 36.2 Å². The summed E-state index contributed by atoms with van der Waals surface area (Å²) in [7, 11) is 3.24. The van der Waals surface area contributed by atoms with E-state index in [1.165, 1.54) is 31.6 Å². The molecular weight excluding hydrogens is 389 g/mol. The van der Waals surface area contributed by atoms with Crippen molar-refractivity contribution >= 4 is 5.91 Å². The van der Waals surface area contributed by atoms with Crippen LogP contribution in [0.2, 0.25) is 0 Å². The van der Waals surface area contributed by atoms with Gasteiger partial charge < -0.3 is 14.4 Å². The van der Waals surface area contributed by atoms with Crippen LogP contribution in [-0.4, -0.2) is 56.9 Å². The molecule has 30 heavy (non-hydrogen) atoms. The third-order valence-corrected chi connectivity index (χ3v) is 4.99. The van der Waals surface area contributed by atoms with Gasteiger partial charge in [-0.1, -0.05) is 0 Å². The number of carbonyl (C=O) groups excluding carboxylic acids is 1. The SMILES string of the molecule is COc1cncc(OC2CCCN(C(=O)c3cc(-c4ccc(F)cc4)nn3C)C2)n1. The van der Waals surface area contributed by atoms with Crippen molar-refractivity contribution < 1.29 is 18.7 Å². The van der Waals surface area contributed by atoms with Gasteiger partial charge in [-0.15, -0.1) is 0 Å². The highest BCUT2D eigenvalue weighted by Gasteiger charge is 2.28. The molecule has 8 nitrogen and oxygen atoms in total. The van der Waals surface area contributed by atoms with Crippen LogP contribution in [0.3, 0.4) is 0 Å². The van der Waals surface area contributed by atoms with E-state index in [4.69, 9.17) is 9.47 Å². The van der Waals surface area contributed by atoms with Crippen LogP contribution in [0.15, 0.2) is 42.7 Å². The number of rotatable bonds is 5. The van der Waals surface area contributed by atoms with E-state index in [0.717, 1.165) is 18.4 Å². The smallest absolute Gasteiger partial charge is 0.272 e. The van der Waals surface area contributed by atoms with Crippen molar-refractivity contribution in [3.8, 4) is 23.0 Å².